The van der Waals surface area contributed by atoms with Crippen LogP contribution in [0.3, 0.4) is 0 Å². The van der Waals surface area contributed by atoms with E-state index in [1.165, 1.54) is 4.90 Å². The van der Waals surface area contributed by atoms with Crippen molar-refractivity contribution in [2.45, 2.75) is 39.8 Å². The van der Waals surface area contributed by atoms with E-state index in [1.807, 2.05) is 63.2 Å². The largest absolute Gasteiger partial charge is 0.350 e. The Hall–Kier alpha value is -2.71. The van der Waals surface area contributed by atoms with Gasteiger partial charge in [-0.3, -0.25) is 14.5 Å². The molecule has 1 aliphatic heterocycles. The number of nitrogens with one attached hydrogen (secondary N) is 1. The number of carbonyl (C=O) groups is 2. The molecule has 8 heteroatoms. The highest BCUT2D eigenvalue weighted by atomic mass is 32.2. The molecule has 3 rings (SSSR count). The van der Waals surface area contributed by atoms with Gasteiger partial charge in [-0.25, -0.2) is 8.42 Å². The van der Waals surface area contributed by atoms with Crippen molar-refractivity contribution in [1.29, 1.82) is 0 Å². The Morgan fingerprint density at radius 2 is 1.68 bits per heavy atom. The Bertz CT molecular complexity index is 1110. The summed E-state index contributed by atoms with van der Waals surface area (Å²) in [5.41, 5.74) is 3.13. The maximum absolute atomic E-state index is 13.4. The Morgan fingerprint density at radius 1 is 1.06 bits per heavy atom. The number of piperazine rings is 1. The Balaban J connectivity index is 1.98. The zero-order valence-electron chi connectivity index (χ0n) is 18.6. The summed E-state index contributed by atoms with van der Waals surface area (Å²) in [7, 11) is -3.65. The average molecular weight is 444 g/mol. The summed E-state index contributed by atoms with van der Waals surface area (Å²) in [6, 6.07) is 13.4. The maximum atomic E-state index is 13.4. The fraction of sp³-hybridized carbons (Fsp3) is 0.391. The van der Waals surface area contributed by atoms with Crippen molar-refractivity contribution in [3.63, 3.8) is 0 Å². The first-order valence-corrected chi connectivity index (χ1v) is 12.0. The molecule has 1 atom stereocenters. The lowest BCUT2D eigenvalue weighted by Gasteiger charge is -2.47. The van der Waals surface area contributed by atoms with E-state index < -0.39 is 27.4 Å². The van der Waals surface area contributed by atoms with E-state index in [4.69, 9.17) is 0 Å². The molecule has 2 amide bonds. The summed E-state index contributed by atoms with van der Waals surface area (Å²) >= 11 is 0. The van der Waals surface area contributed by atoms with Crippen molar-refractivity contribution in [2.24, 2.45) is 0 Å². The Kier molecular flexibility index (Phi) is 6.25. The molecule has 0 saturated carbocycles. The summed E-state index contributed by atoms with van der Waals surface area (Å²) in [5.74, 6) is -0.841. The number of anilines is 1. The number of rotatable bonds is 5. The number of carbonyl (C=O) groups excluding carboxylic acids is 2. The summed E-state index contributed by atoms with van der Waals surface area (Å²) in [5, 5.41) is 2.90. The molecule has 166 valence electrons. The van der Waals surface area contributed by atoms with Crippen molar-refractivity contribution < 1.29 is 18.0 Å². The number of sulfonamides is 1. The topological polar surface area (TPSA) is 86.8 Å². The number of benzene rings is 2. The minimum atomic E-state index is -3.65. The van der Waals surface area contributed by atoms with Crippen LogP contribution in [0.1, 0.15) is 29.2 Å². The predicted octanol–water partition coefficient (Wildman–Crippen LogP) is 2.30. The molecule has 31 heavy (non-hydrogen) atoms. The smallest absolute Gasteiger partial charge is 0.247 e. The van der Waals surface area contributed by atoms with Crippen LogP contribution in [0.5, 0.6) is 0 Å². The molecule has 1 unspecified atom stereocenters. The quantitative estimate of drug-likeness (QED) is 0.768. The summed E-state index contributed by atoms with van der Waals surface area (Å²) < 4.78 is 25.5. The zero-order chi connectivity index (χ0) is 23.0. The molecular formula is C23H29N3O4S. The molecule has 0 spiro atoms. The second-order valence-electron chi connectivity index (χ2n) is 8.49. The molecule has 0 aromatic heterocycles. The number of hydrogen-bond acceptors (Lipinski definition) is 4. The van der Waals surface area contributed by atoms with Crippen molar-refractivity contribution >= 4 is 27.5 Å². The lowest BCUT2D eigenvalue weighted by atomic mass is 9.93. The van der Waals surface area contributed by atoms with Crippen LogP contribution in [0.2, 0.25) is 0 Å². The first-order valence-electron chi connectivity index (χ1n) is 10.1. The first kappa shape index (κ1) is 23.0. The highest BCUT2D eigenvalue weighted by molar-refractivity contribution is 7.88. The average Bonchev–Trinajstić information content (AvgIpc) is 2.67. The van der Waals surface area contributed by atoms with E-state index in [0.29, 0.717) is 5.69 Å². The van der Waals surface area contributed by atoms with Crippen molar-refractivity contribution in [2.75, 3.05) is 24.2 Å². The predicted molar refractivity (Wildman–Crippen MR) is 121 cm³/mol. The lowest BCUT2D eigenvalue weighted by Crippen LogP contribution is -2.70. The highest BCUT2D eigenvalue weighted by Gasteiger charge is 2.50. The SMILES string of the molecule is Cc1ccc(CNC(=O)C2(C)CN(S(C)(=O)=O)CC(=O)N2c2ccc(C)cc2C)cc1. The van der Waals surface area contributed by atoms with Gasteiger partial charge in [0.15, 0.2) is 0 Å². The summed E-state index contributed by atoms with van der Waals surface area (Å²) in [6.07, 6.45) is 1.05. The molecule has 2 aromatic rings. The van der Waals surface area contributed by atoms with Gasteiger partial charge in [-0.15, -0.1) is 0 Å². The van der Waals surface area contributed by atoms with Gasteiger partial charge in [-0.05, 0) is 44.9 Å². The molecule has 1 heterocycles. The van der Waals surface area contributed by atoms with Gasteiger partial charge in [0.25, 0.3) is 0 Å². The number of nitrogens with zero attached hydrogens (tertiary/aromatic N) is 2. The van der Waals surface area contributed by atoms with Gasteiger partial charge >= 0.3 is 0 Å². The molecule has 0 bridgehead atoms. The molecule has 1 saturated heterocycles. The standard InChI is InChI=1S/C23H29N3O4S/c1-16-6-9-19(10-7-16)13-24-22(28)23(4)15-25(31(5,29)30)14-21(27)26(23)20-11-8-17(2)12-18(20)3/h6-12H,13-15H2,1-5H3,(H,24,28). The van der Waals surface area contributed by atoms with Gasteiger partial charge in [0.05, 0.1) is 12.8 Å². The van der Waals surface area contributed by atoms with Crippen LogP contribution in [-0.4, -0.2) is 49.4 Å². The van der Waals surface area contributed by atoms with Crippen LogP contribution in [0.15, 0.2) is 42.5 Å². The number of amides is 2. The van der Waals surface area contributed by atoms with Crippen LogP contribution < -0.4 is 10.2 Å². The summed E-state index contributed by atoms with van der Waals surface area (Å²) in [6.45, 7) is 7.29. The molecular weight excluding hydrogens is 414 g/mol. The maximum Gasteiger partial charge on any atom is 0.247 e. The minimum Gasteiger partial charge on any atom is -0.350 e. The number of aryl methyl sites for hydroxylation is 3. The molecule has 7 nitrogen and oxygen atoms in total. The van der Waals surface area contributed by atoms with E-state index >= 15 is 0 Å². The van der Waals surface area contributed by atoms with Gasteiger partial charge < -0.3 is 5.32 Å². The Morgan fingerprint density at radius 3 is 2.26 bits per heavy atom. The van der Waals surface area contributed by atoms with Crippen molar-refractivity contribution in [3.05, 3.63) is 64.7 Å². The fourth-order valence-electron chi connectivity index (χ4n) is 3.91. The van der Waals surface area contributed by atoms with Crippen LogP contribution in [0.4, 0.5) is 5.69 Å². The second-order valence-corrected chi connectivity index (χ2v) is 10.5. The molecule has 0 radical (unpaired) electrons. The van der Waals surface area contributed by atoms with Crippen LogP contribution >= 0.6 is 0 Å². The van der Waals surface area contributed by atoms with Gasteiger partial charge in [-0.1, -0.05) is 47.5 Å². The molecule has 1 aliphatic rings. The van der Waals surface area contributed by atoms with Crippen LogP contribution in [0.25, 0.3) is 0 Å². The van der Waals surface area contributed by atoms with Gasteiger partial charge in [-0.2, -0.15) is 4.31 Å². The van der Waals surface area contributed by atoms with Crippen LogP contribution in [0, 0.1) is 20.8 Å². The monoisotopic (exact) mass is 443 g/mol. The minimum absolute atomic E-state index is 0.120. The van der Waals surface area contributed by atoms with Gasteiger partial charge in [0.1, 0.15) is 5.54 Å². The normalized spacial score (nSPS) is 20.0. The van der Waals surface area contributed by atoms with E-state index in [-0.39, 0.29) is 19.6 Å². The molecule has 1 fully saturated rings. The van der Waals surface area contributed by atoms with Gasteiger partial charge in [0.2, 0.25) is 21.8 Å². The third-order valence-electron chi connectivity index (χ3n) is 5.66. The van der Waals surface area contributed by atoms with Gasteiger partial charge in [0, 0.05) is 18.8 Å². The Labute approximate surface area is 184 Å². The van der Waals surface area contributed by atoms with Crippen LogP contribution in [-0.2, 0) is 26.2 Å². The number of hydrogen-bond donors (Lipinski definition) is 1. The van der Waals surface area contributed by atoms with E-state index in [2.05, 4.69) is 5.32 Å². The van der Waals surface area contributed by atoms with Crippen molar-refractivity contribution in [1.82, 2.24) is 9.62 Å². The van der Waals surface area contributed by atoms with E-state index in [9.17, 15) is 18.0 Å². The molecule has 0 aliphatic carbocycles. The summed E-state index contributed by atoms with van der Waals surface area (Å²) in [4.78, 5) is 28.0. The molecule has 1 N–H and O–H groups in total. The van der Waals surface area contributed by atoms with E-state index in [1.54, 1.807) is 6.92 Å². The highest BCUT2D eigenvalue weighted by Crippen LogP contribution is 2.33. The second kappa shape index (κ2) is 8.43. The lowest BCUT2D eigenvalue weighted by molar-refractivity contribution is -0.133. The zero-order valence-corrected chi connectivity index (χ0v) is 19.4. The fourth-order valence-corrected chi connectivity index (χ4v) is 4.74. The van der Waals surface area contributed by atoms with Crippen molar-refractivity contribution in [3.8, 4) is 0 Å². The molecule has 2 aromatic carbocycles. The first-order chi connectivity index (χ1) is 14.4. The third-order valence-corrected chi connectivity index (χ3v) is 6.86. The third kappa shape index (κ3) is 4.80. The van der Waals surface area contributed by atoms with E-state index in [0.717, 1.165) is 32.8 Å².